The van der Waals surface area contributed by atoms with Gasteiger partial charge >= 0.3 is 5.97 Å². The summed E-state index contributed by atoms with van der Waals surface area (Å²) in [6.07, 6.45) is 7.05. The summed E-state index contributed by atoms with van der Waals surface area (Å²) >= 11 is 0. The van der Waals surface area contributed by atoms with Crippen LogP contribution in [0.25, 0.3) is 0 Å². The lowest BCUT2D eigenvalue weighted by Gasteiger charge is -1.95. The fourth-order valence-electron chi connectivity index (χ4n) is 0.908. The Morgan fingerprint density at radius 1 is 1.53 bits per heavy atom. The molecular weight excluding hydrogens is 190 g/mol. The molecule has 0 amide bonds. The van der Waals surface area contributed by atoms with Gasteiger partial charge in [0, 0.05) is 6.21 Å². The Morgan fingerprint density at radius 2 is 2.20 bits per heavy atom. The SMILES string of the molecule is C=CC(=C)CC/C=C(\C)C=NCC(=O)O. The van der Waals surface area contributed by atoms with Crippen molar-refractivity contribution in [3.05, 3.63) is 36.5 Å². The highest BCUT2D eigenvalue weighted by molar-refractivity contribution is 5.80. The first kappa shape index (κ1) is 13.4. The van der Waals surface area contributed by atoms with Crippen LogP contribution >= 0.6 is 0 Å². The van der Waals surface area contributed by atoms with E-state index in [1.165, 1.54) is 0 Å². The number of carboxylic acids is 1. The Balaban J connectivity index is 3.88. The fraction of sp³-hybridized carbons (Fsp3) is 0.333. The highest BCUT2D eigenvalue weighted by atomic mass is 16.4. The summed E-state index contributed by atoms with van der Waals surface area (Å²) in [5.74, 6) is -0.918. The highest BCUT2D eigenvalue weighted by Crippen LogP contribution is 2.05. The van der Waals surface area contributed by atoms with Gasteiger partial charge < -0.3 is 5.11 Å². The molecule has 0 saturated carbocycles. The number of allylic oxidation sites excluding steroid dienone is 4. The molecule has 0 aliphatic rings. The fourth-order valence-corrected chi connectivity index (χ4v) is 0.908. The summed E-state index contributed by atoms with van der Waals surface area (Å²) in [5, 5.41) is 8.35. The second-order valence-corrected chi connectivity index (χ2v) is 3.21. The Bertz CT molecular complexity index is 301. The van der Waals surface area contributed by atoms with Crippen molar-refractivity contribution in [2.24, 2.45) is 4.99 Å². The normalized spacial score (nSPS) is 11.7. The standard InChI is InChI=1S/C12H17NO2/c1-4-10(2)6-5-7-11(3)8-13-9-12(14)15/h4,7-8H,1-2,5-6,9H2,3H3,(H,14,15)/b11-7+,13-8?. The Morgan fingerprint density at radius 3 is 2.73 bits per heavy atom. The molecule has 0 atom stereocenters. The van der Waals surface area contributed by atoms with E-state index in [1.807, 2.05) is 13.0 Å². The average Bonchev–Trinajstić information content (AvgIpc) is 2.17. The van der Waals surface area contributed by atoms with Crippen LogP contribution in [0.3, 0.4) is 0 Å². The first-order valence-corrected chi connectivity index (χ1v) is 4.75. The molecule has 0 aliphatic heterocycles. The maximum Gasteiger partial charge on any atom is 0.325 e. The maximum atomic E-state index is 10.2. The summed E-state index contributed by atoms with van der Waals surface area (Å²) in [7, 11) is 0. The number of aliphatic imine (C=N–C) groups is 1. The zero-order valence-electron chi connectivity index (χ0n) is 9.07. The molecule has 3 nitrogen and oxygen atoms in total. The third kappa shape index (κ3) is 8.68. The molecule has 82 valence electrons. The predicted molar refractivity (Wildman–Crippen MR) is 63.3 cm³/mol. The molecule has 1 N–H and O–H groups in total. The smallest absolute Gasteiger partial charge is 0.325 e. The van der Waals surface area contributed by atoms with E-state index in [4.69, 9.17) is 5.11 Å². The molecule has 0 rings (SSSR count). The number of carbonyl (C=O) groups is 1. The topological polar surface area (TPSA) is 49.7 Å². The van der Waals surface area contributed by atoms with Gasteiger partial charge in [-0.15, -0.1) is 0 Å². The van der Waals surface area contributed by atoms with Gasteiger partial charge in [0.25, 0.3) is 0 Å². The molecule has 0 saturated heterocycles. The third-order valence-corrected chi connectivity index (χ3v) is 1.74. The van der Waals surface area contributed by atoms with Crippen molar-refractivity contribution in [2.45, 2.75) is 19.8 Å². The quantitative estimate of drug-likeness (QED) is 0.515. The molecule has 0 unspecified atom stereocenters. The van der Waals surface area contributed by atoms with Crippen LogP contribution in [0.2, 0.25) is 0 Å². The van der Waals surface area contributed by atoms with Crippen LogP contribution in [0.15, 0.2) is 41.4 Å². The van der Waals surface area contributed by atoms with Gasteiger partial charge in [-0.05, 0) is 25.3 Å². The maximum absolute atomic E-state index is 10.2. The Kier molecular flexibility index (Phi) is 6.89. The lowest BCUT2D eigenvalue weighted by Crippen LogP contribution is -1.99. The van der Waals surface area contributed by atoms with E-state index in [1.54, 1.807) is 12.3 Å². The van der Waals surface area contributed by atoms with Gasteiger partial charge in [-0.2, -0.15) is 0 Å². The van der Waals surface area contributed by atoms with Crippen molar-refractivity contribution in [2.75, 3.05) is 6.54 Å². The minimum absolute atomic E-state index is 0.176. The average molecular weight is 207 g/mol. The zero-order chi connectivity index (χ0) is 11.7. The van der Waals surface area contributed by atoms with E-state index in [2.05, 4.69) is 18.2 Å². The number of hydrogen-bond donors (Lipinski definition) is 1. The van der Waals surface area contributed by atoms with Crippen molar-refractivity contribution in [3.63, 3.8) is 0 Å². The van der Waals surface area contributed by atoms with Gasteiger partial charge in [-0.1, -0.05) is 30.9 Å². The monoisotopic (exact) mass is 207 g/mol. The summed E-state index contributed by atoms with van der Waals surface area (Å²) in [5.41, 5.74) is 1.97. The number of hydrogen-bond acceptors (Lipinski definition) is 2. The van der Waals surface area contributed by atoms with E-state index < -0.39 is 5.97 Å². The molecule has 0 spiro atoms. The molecular formula is C12H17NO2. The molecule has 0 bridgehead atoms. The van der Waals surface area contributed by atoms with Crippen LogP contribution in [0, 0.1) is 0 Å². The number of aliphatic carboxylic acids is 1. The molecule has 0 aromatic heterocycles. The van der Waals surface area contributed by atoms with Crippen molar-refractivity contribution >= 4 is 12.2 Å². The number of carboxylic acid groups (broad SMARTS) is 1. The summed E-state index contributed by atoms with van der Waals surface area (Å²) < 4.78 is 0. The van der Waals surface area contributed by atoms with Crippen LogP contribution in [0.4, 0.5) is 0 Å². The summed E-state index contributed by atoms with van der Waals surface area (Å²) in [6, 6.07) is 0. The number of rotatable bonds is 7. The minimum atomic E-state index is -0.918. The molecule has 0 fully saturated rings. The van der Waals surface area contributed by atoms with Crippen LogP contribution in [-0.2, 0) is 4.79 Å². The second kappa shape index (κ2) is 7.74. The highest BCUT2D eigenvalue weighted by Gasteiger charge is 1.91. The van der Waals surface area contributed by atoms with E-state index >= 15 is 0 Å². The Hall–Kier alpha value is -1.64. The van der Waals surface area contributed by atoms with E-state index in [0.717, 1.165) is 24.0 Å². The summed E-state index contributed by atoms with van der Waals surface area (Å²) in [4.78, 5) is 13.9. The summed E-state index contributed by atoms with van der Waals surface area (Å²) in [6.45, 7) is 9.13. The van der Waals surface area contributed by atoms with Crippen molar-refractivity contribution in [1.82, 2.24) is 0 Å². The van der Waals surface area contributed by atoms with Gasteiger partial charge in [0.1, 0.15) is 6.54 Å². The van der Waals surface area contributed by atoms with Gasteiger partial charge in [-0.3, -0.25) is 9.79 Å². The van der Waals surface area contributed by atoms with E-state index in [9.17, 15) is 4.79 Å². The van der Waals surface area contributed by atoms with Gasteiger partial charge in [-0.25, -0.2) is 0 Å². The van der Waals surface area contributed by atoms with Crippen LogP contribution in [0.1, 0.15) is 19.8 Å². The molecule has 3 heteroatoms. The van der Waals surface area contributed by atoms with Crippen molar-refractivity contribution in [1.29, 1.82) is 0 Å². The third-order valence-electron chi connectivity index (χ3n) is 1.74. The first-order valence-electron chi connectivity index (χ1n) is 4.75. The second-order valence-electron chi connectivity index (χ2n) is 3.21. The van der Waals surface area contributed by atoms with Crippen LogP contribution in [-0.4, -0.2) is 23.8 Å². The first-order chi connectivity index (χ1) is 7.06. The largest absolute Gasteiger partial charge is 0.480 e. The van der Waals surface area contributed by atoms with Crippen molar-refractivity contribution < 1.29 is 9.90 Å². The lowest BCUT2D eigenvalue weighted by molar-refractivity contribution is -0.135. The molecule has 0 radical (unpaired) electrons. The van der Waals surface area contributed by atoms with Gasteiger partial charge in [0.2, 0.25) is 0 Å². The molecule has 0 heterocycles. The molecule has 0 aromatic carbocycles. The van der Waals surface area contributed by atoms with E-state index in [-0.39, 0.29) is 6.54 Å². The van der Waals surface area contributed by atoms with Gasteiger partial charge in [0.15, 0.2) is 0 Å². The minimum Gasteiger partial charge on any atom is -0.480 e. The van der Waals surface area contributed by atoms with Crippen molar-refractivity contribution in [3.8, 4) is 0 Å². The van der Waals surface area contributed by atoms with Gasteiger partial charge in [0.05, 0.1) is 0 Å². The van der Waals surface area contributed by atoms with Crippen LogP contribution < -0.4 is 0 Å². The molecule has 15 heavy (non-hydrogen) atoms. The number of nitrogens with zero attached hydrogens (tertiary/aromatic N) is 1. The lowest BCUT2D eigenvalue weighted by atomic mass is 10.1. The predicted octanol–water partition coefficient (Wildman–Crippen LogP) is 2.61. The van der Waals surface area contributed by atoms with Crippen LogP contribution in [0.5, 0.6) is 0 Å². The molecule has 0 aromatic rings. The Labute approximate surface area is 90.5 Å². The molecule has 0 aliphatic carbocycles. The zero-order valence-corrected chi connectivity index (χ0v) is 9.07. The van der Waals surface area contributed by atoms with E-state index in [0.29, 0.717) is 0 Å².